The lowest BCUT2D eigenvalue weighted by Crippen LogP contribution is -1.99. The zero-order chi connectivity index (χ0) is 10.8. The van der Waals surface area contributed by atoms with Crippen molar-refractivity contribution in [3.05, 3.63) is 34.9 Å². The summed E-state index contributed by atoms with van der Waals surface area (Å²) in [6.45, 7) is 4.21. The maximum absolute atomic E-state index is 10.0. The van der Waals surface area contributed by atoms with Crippen molar-refractivity contribution in [2.45, 2.75) is 45.6 Å². The van der Waals surface area contributed by atoms with Gasteiger partial charge in [0.1, 0.15) is 0 Å². The summed E-state index contributed by atoms with van der Waals surface area (Å²) in [5, 5.41) is 10.0. The van der Waals surface area contributed by atoms with Crippen LogP contribution in [0.25, 0.3) is 0 Å². The summed E-state index contributed by atoms with van der Waals surface area (Å²) in [6, 6.07) is 6.28. The Morgan fingerprint density at radius 2 is 2.00 bits per heavy atom. The van der Waals surface area contributed by atoms with E-state index < -0.39 is 0 Å². The fourth-order valence-electron chi connectivity index (χ4n) is 1.94. The first-order chi connectivity index (χ1) is 7.16. The molecule has 1 nitrogen and oxygen atoms in total. The van der Waals surface area contributed by atoms with Gasteiger partial charge in [-0.25, -0.2) is 0 Å². The van der Waals surface area contributed by atoms with Crippen LogP contribution in [0.1, 0.15) is 48.5 Å². The van der Waals surface area contributed by atoms with Crippen LogP contribution in [0.15, 0.2) is 18.2 Å². The average molecular weight is 204 g/mol. The Morgan fingerprint density at radius 1 is 1.27 bits per heavy atom. The van der Waals surface area contributed by atoms with Crippen LogP contribution < -0.4 is 0 Å². The number of hydrogen-bond acceptors (Lipinski definition) is 1. The van der Waals surface area contributed by atoms with Gasteiger partial charge < -0.3 is 5.11 Å². The highest BCUT2D eigenvalue weighted by Crippen LogP contribution is 2.35. The SMILES string of the molecule is Cc1ccc(C(O)CCC2CC2)cc1C. The summed E-state index contributed by atoms with van der Waals surface area (Å²) in [5.74, 6) is 0.909. The van der Waals surface area contributed by atoms with Crippen molar-refractivity contribution < 1.29 is 5.11 Å². The third-order valence-corrected chi connectivity index (χ3v) is 3.46. The van der Waals surface area contributed by atoms with Gasteiger partial charge in [-0.05, 0) is 49.3 Å². The van der Waals surface area contributed by atoms with E-state index in [1.165, 1.54) is 30.4 Å². The van der Waals surface area contributed by atoms with Crippen molar-refractivity contribution >= 4 is 0 Å². The first kappa shape index (κ1) is 10.7. The molecule has 0 amide bonds. The molecule has 1 aromatic carbocycles. The van der Waals surface area contributed by atoms with Gasteiger partial charge in [-0.3, -0.25) is 0 Å². The molecule has 1 aromatic rings. The molecule has 1 fully saturated rings. The Hall–Kier alpha value is -0.820. The minimum Gasteiger partial charge on any atom is -0.388 e. The van der Waals surface area contributed by atoms with Gasteiger partial charge in [0.15, 0.2) is 0 Å². The molecule has 1 aliphatic carbocycles. The lowest BCUT2D eigenvalue weighted by molar-refractivity contribution is 0.162. The molecular formula is C14H20O. The highest BCUT2D eigenvalue weighted by Gasteiger charge is 2.22. The molecule has 0 bridgehead atoms. The Bertz CT molecular complexity index is 339. The Kier molecular flexibility index (Phi) is 3.11. The van der Waals surface area contributed by atoms with Crippen molar-refractivity contribution in [2.24, 2.45) is 5.92 Å². The molecule has 0 radical (unpaired) electrons. The van der Waals surface area contributed by atoms with E-state index >= 15 is 0 Å². The van der Waals surface area contributed by atoms with Crippen LogP contribution in [0.2, 0.25) is 0 Å². The molecule has 0 aromatic heterocycles. The second-order valence-corrected chi connectivity index (χ2v) is 4.88. The molecular weight excluding hydrogens is 184 g/mol. The van der Waals surface area contributed by atoms with Crippen molar-refractivity contribution in [2.75, 3.05) is 0 Å². The van der Waals surface area contributed by atoms with Gasteiger partial charge in [-0.2, -0.15) is 0 Å². The van der Waals surface area contributed by atoms with Crippen molar-refractivity contribution in [1.29, 1.82) is 0 Å². The summed E-state index contributed by atoms with van der Waals surface area (Å²) < 4.78 is 0. The Morgan fingerprint density at radius 3 is 2.60 bits per heavy atom. The zero-order valence-electron chi connectivity index (χ0n) is 9.66. The fourth-order valence-corrected chi connectivity index (χ4v) is 1.94. The van der Waals surface area contributed by atoms with Crippen LogP contribution in [-0.2, 0) is 0 Å². The molecule has 2 rings (SSSR count). The highest BCUT2D eigenvalue weighted by molar-refractivity contribution is 5.31. The number of aryl methyl sites for hydroxylation is 2. The van der Waals surface area contributed by atoms with Crippen molar-refractivity contribution in [1.82, 2.24) is 0 Å². The molecule has 1 saturated carbocycles. The number of aliphatic hydroxyl groups is 1. The average Bonchev–Trinajstić information content (AvgIpc) is 3.02. The van der Waals surface area contributed by atoms with Crippen LogP contribution in [0.4, 0.5) is 0 Å². The van der Waals surface area contributed by atoms with Gasteiger partial charge in [0.05, 0.1) is 6.10 Å². The molecule has 0 heterocycles. The van der Waals surface area contributed by atoms with Crippen LogP contribution in [-0.4, -0.2) is 5.11 Å². The third-order valence-electron chi connectivity index (χ3n) is 3.46. The van der Waals surface area contributed by atoms with E-state index in [-0.39, 0.29) is 6.10 Å². The van der Waals surface area contributed by atoms with Crippen molar-refractivity contribution in [3.8, 4) is 0 Å². The maximum Gasteiger partial charge on any atom is 0.0790 e. The first-order valence-corrected chi connectivity index (χ1v) is 5.92. The second-order valence-electron chi connectivity index (χ2n) is 4.88. The van der Waals surface area contributed by atoms with E-state index in [1.807, 2.05) is 0 Å². The monoisotopic (exact) mass is 204 g/mol. The summed E-state index contributed by atoms with van der Waals surface area (Å²) in [7, 11) is 0. The maximum atomic E-state index is 10.0. The quantitative estimate of drug-likeness (QED) is 0.795. The van der Waals surface area contributed by atoms with E-state index in [4.69, 9.17) is 0 Å². The number of hydrogen-bond donors (Lipinski definition) is 1. The van der Waals surface area contributed by atoms with E-state index in [0.29, 0.717) is 0 Å². The van der Waals surface area contributed by atoms with Gasteiger partial charge in [0.25, 0.3) is 0 Å². The van der Waals surface area contributed by atoms with Gasteiger partial charge in [-0.15, -0.1) is 0 Å². The lowest BCUT2D eigenvalue weighted by Gasteiger charge is -2.12. The fraction of sp³-hybridized carbons (Fsp3) is 0.571. The Balaban J connectivity index is 1.97. The summed E-state index contributed by atoms with van der Waals surface area (Å²) >= 11 is 0. The third kappa shape index (κ3) is 2.82. The summed E-state index contributed by atoms with van der Waals surface area (Å²) in [4.78, 5) is 0. The molecule has 1 unspecified atom stereocenters. The van der Waals surface area contributed by atoms with Crippen LogP contribution >= 0.6 is 0 Å². The number of aliphatic hydroxyl groups excluding tert-OH is 1. The van der Waals surface area contributed by atoms with E-state index in [1.54, 1.807) is 0 Å². The standard InChI is InChI=1S/C14H20O/c1-10-3-7-13(9-11(10)2)14(15)8-6-12-4-5-12/h3,7,9,12,14-15H,4-6,8H2,1-2H3. The summed E-state index contributed by atoms with van der Waals surface area (Å²) in [5.41, 5.74) is 3.66. The van der Waals surface area contributed by atoms with Gasteiger partial charge in [0.2, 0.25) is 0 Å². The molecule has 1 heteroatoms. The summed E-state index contributed by atoms with van der Waals surface area (Å²) in [6.07, 6.45) is 4.60. The highest BCUT2D eigenvalue weighted by atomic mass is 16.3. The lowest BCUT2D eigenvalue weighted by atomic mass is 9.99. The first-order valence-electron chi connectivity index (χ1n) is 5.92. The van der Waals surface area contributed by atoms with E-state index in [9.17, 15) is 5.11 Å². The largest absolute Gasteiger partial charge is 0.388 e. The molecule has 82 valence electrons. The van der Waals surface area contributed by atoms with Gasteiger partial charge in [0, 0.05) is 0 Å². The molecule has 1 atom stereocenters. The van der Waals surface area contributed by atoms with Crippen LogP contribution in [0.3, 0.4) is 0 Å². The zero-order valence-corrected chi connectivity index (χ0v) is 9.66. The normalized spacial score (nSPS) is 17.8. The van der Waals surface area contributed by atoms with E-state index in [0.717, 1.165) is 17.9 Å². The van der Waals surface area contributed by atoms with Crippen LogP contribution in [0, 0.1) is 19.8 Å². The van der Waals surface area contributed by atoms with Gasteiger partial charge >= 0.3 is 0 Å². The van der Waals surface area contributed by atoms with E-state index in [2.05, 4.69) is 32.0 Å². The second kappa shape index (κ2) is 4.36. The minimum atomic E-state index is -0.259. The molecule has 1 N–H and O–H groups in total. The molecule has 1 aliphatic rings. The number of benzene rings is 1. The van der Waals surface area contributed by atoms with Gasteiger partial charge in [-0.1, -0.05) is 31.0 Å². The molecule has 0 saturated heterocycles. The smallest absolute Gasteiger partial charge is 0.0790 e. The molecule has 0 spiro atoms. The topological polar surface area (TPSA) is 20.2 Å². The van der Waals surface area contributed by atoms with Crippen LogP contribution in [0.5, 0.6) is 0 Å². The van der Waals surface area contributed by atoms with Crippen molar-refractivity contribution in [3.63, 3.8) is 0 Å². The predicted octanol–water partition coefficient (Wildman–Crippen LogP) is 3.53. The minimum absolute atomic E-state index is 0.259. The predicted molar refractivity (Wildman–Crippen MR) is 62.8 cm³/mol. The molecule has 0 aliphatic heterocycles. The molecule has 15 heavy (non-hydrogen) atoms. The number of rotatable bonds is 4. The Labute approximate surface area is 92.1 Å².